The molecule has 4 aromatic rings. The average molecular weight is 961 g/mol. The maximum Gasteiger partial charge on any atom is 0.246 e. The van der Waals surface area contributed by atoms with E-state index in [0.29, 0.717) is 63.3 Å². The summed E-state index contributed by atoms with van der Waals surface area (Å²) in [4.78, 5) is 86.0. The summed E-state index contributed by atoms with van der Waals surface area (Å²) in [5.74, 6) is -1.82. The molecule has 0 radical (unpaired) electrons. The lowest BCUT2D eigenvalue weighted by Gasteiger charge is -2.31. The molecular weight excluding hydrogens is 893 g/mol. The summed E-state index contributed by atoms with van der Waals surface area (Å²) in [7, 11) is 3.33. The monoisotopic (exact) mass is 961 g/mol. The lowest BCUT2D eigenvalue weighted by molar-refractivity contribution is -0.141. The van der Waals surface area contributed by atoms with Gasteiger partial charge in [-0.2, -0.15) is 0 Å². The first kappa shape index (κ1) is 49.9. The fourth-order valence-corrected chi connectivity index (χ4v) is 10.3. The first-order valence-corrected chi connectivity index (χ1v) is 25.0. The van der Waals surface area contributed by atoms with E-state index in [4.69, 9.17) is 0 Å². The molecule has 0 saturated carbocycles. The summed E-state index contributed by atoms with van der Waals surface area (Å²) in [5.41, 5.74) is 5.64. The third-order valence-electron chi connectivity index (χ3n) is 14.5. The molecule has 2 fully saturated rings. The highest BCUT2D eigenvalue weighted by atomic mass is 16.2. The van der Waals surface area contributed by atoms with E-state index in [1.807, 2.05) is 24.3 Å². The van der Waals surface area contributed by atoms with Gasteiger partial charge in [-0.1, -0.05) is 59.0 Å². The van der Waals surface area contributed by atoms with Crippen molar-refractivity contribution in [3.63, 3.8) is 0 Å². The maximum atomic E-state index is 14.3. The van der Waals surface area contributed by atoms with E-state index in [0.717, 1.165) is 49.7 Å². The Morgan fingerprint density at radius 1 is 0.586 bits per heavy atom. The number of carbonyl (C=O) groups excluding carboxylic acids is 6. The number of likely N-dealkylation sites (N-methyl/N-ethyl adjacent to an activating group) is 2. The molecule has 2 aliphatic carbocycles. The first-order chi connectivity index (χ1) is 33.9. The highest BCUT2D eigenvalue weighted by Crippen LogP contribution is 2.32. The Morgan fingerprint density at radius 2 is 1.00 bits per heavy atom. The molecule has 20 heteroatoms. The molecule has 8 rings (SSSR count). The Kier molecular flexibility index (Phi) is 16.3. The van der Waals surface area contributed by atoms with Crippen LogP contribution in [0.3, 0.4) is 0 Å². The molecule has 2 aliphatic heterocycles. The van der Waals surface area contributed by atoms with E-state index in [-0.39, 0.29) is 60.4 Å². The molecule has 0 spiro atoms. The molecule has 1 unspecified atom stereocenters. The number of nitrogens with zero attached hydrogens (tertiary/aromatic N) is 8. The number of fused-ring (bicyclic) bond motifs is 2. The van der Waals surface area contributed by atoms with Gasteiger partial charge in [0.15, 0.2) is 0 Å². The van der Waals surface area contributed by atoms with Gasteiger partial charge in [-0.05, 0) is 114 Å². The van der Waals surface area contributed by atoms with Crippen LogP contribution in [0.1, 0.15) is 111 Å². The largest absolute Gasteiger partial charge is 0.347 e. The number of carbonyl (C=O) groups is 6. The summed E-state index contributed by atoms with van der Waals surface area (Å²) in [6, 6.07) is 11.6. The van der Waals surface area contributed by atoms with Gasteiger partial charge in [0.25, 0.3) is 0 Å². The maximum absolute atomic E-state index is 14.3. The van der Waals surface area contributed by atoms with Crippen molar-refractivity contribution in [2.24, 2.45) is 0 Å². The number of benzene rings is 2. The summed E-state index contributed by atoms with van der Waals surface area (Å²) in [6.07, 6.45) is 11.4. The Hall–Kier alpha value is -6.54. The van der Waals surface area contributed by atoms with Crippen LogP contribution in [0, 0.1) is 0 Å². The van der Waals surface area contributed by atoms with Crippen LogP contribution in [-0.2, 0) is 67.5 Å². The van der Waals surface area contributed by atoms with E-state index < -0.39 is 36.3 Å². The molecule has 20 nitrogen and oxygen atoms in total. The predicted molar refractivity (Wildman–Crippen MR) is 258 cm³/mol. The Labute approximate surface area is 408 Å². The first-order valence-electron chi connectivity index (χ1n) is 25.0. The summed E-state index contributed by atoms with van der Waals surface area (Å²) in [6.45, 7) is 4.84. The van der Waals surface area contributed by atoms with Gasteiger partial charge in [0.2, 0.25) is 35.4 Å². The van der Waals surface area contributed by atoms with Crippen LogP contribution in [0.4, 0.5) is 0 Å². The number of nitrogens with one attached hydrogen (secondary N) is 6. The van der Waals surface area contributed by atoms with E-state index in [1.54, 1.807) is 59.5 Å². The number of amides is 6. The molecule has 4 aliphatic rings. The van der Waals surface area contributed by atoms with Crippen LogP contribution in [-0.4, -0.2) is 139 Å². The average Bonchev–Trinajstić information content (AvgIpc) is 4.23. The van der Waals surface area contributed by atoms with Crippen LogP contribution in [0.5, 0.6) is 0 Å². The Morgan fingerprint density at radius 3 is 1.41 bits per heavy atom. The van der Waals surface area contributed by atoms with Crippen molar-refractivity contribution in [1.82, 2.24) is 71.7 Å². The second-order valence-corrected chi connectivity index (χ2v) is 19.2. The minimum absolute atomic E-state index is 0.0523. The SMILES string of the molecule is CN[C@@H](C)C(=O)N[C@@H](Cc1cn(CCn2cc(C[C@H](NC(=O)[C@H](C)NC)C(=O)N3CCC[C@H]3C(=O)N[C@@H]3CCCc4ccccc43)nn2)nn1)C(=O)N1CCC[C@H]1C(=O)NC1CCCc2ccccc21. The molecule has 0 bridgehead atoms. The van der Waals surface area contributed by atoms with Crippen LogP contribution in [0.25, 0.3) is 0 Å². The minimum Gasteiger partial charge on any atom is -0.347 e. The van der Waals surface area contributed by atoms with E-state index in [2.05, 4.69) is 76.8 Å². The Balaban J connectivity index is 0.897. The predicted octanol–water partition coefficient (Wildman–Crippen LogP) is 1.21. The second kappa shape index (κ2) is 22.9. The molecule has 2 aromatic heterocycles. The number of likely N-dealkylation sites (tertiary alicyclic amines) is 2. The van der Waals surface area contributed by atoms with Gasteiger partial charge >= 0.3 is 0 Å². The van der Waals surface area contributed by atoms with E-state index >= 15 is 0 Å². The topological polar surface area (TPSA) is 242 Å². The van der Waals surface area contributed by atoms with E-state index in [9.17, 15) is 28.8 Å². The minimum atomic E-state index is -0.998. The Bertz CT molecular complexity index is 2340. The van der Waals surface area contributed by atoms with Crippen LogP contribution < -0.4 is 31.9 Å². The fraction of sp³-hybridized carbons (Fsp3) is 0.560. The normalized spacial score (nSPS) is 21.4. The molecule has 70 heavy (non-hydrogen) atoms. The van der Waals surface area contributed by atoms with Crippen molar-refractivity contribution in [3.8, 4) is 0 Å². The summed E-state index contributed by atoms with van der Waals surface area (Å²) in [5, 5.41) is 35.4. The standard InChI is InChI=1S/C50H68N14O6/c1-31(51-3)45(65)55-41(49(69)63-23-11-21-43(63)47(67)53-39-19-9-15-33-13-5-7-17-37(33)39)27-35-29-61(59-57-35)25-26-62-30-36(58-60-62)28-42(56-46(66)32(2)52-4)50(70)64-24-12-22-44(64)48(68)54-40-20-10-16-34-14-6-8-18-38(34)40/h5-8,13-14,17-18,29-32,39-44,51-52H,9-12,15-16,19-28H2,1-4H3,(H,53,67)(H,54,68)(H,55,65)(H,56,66)/t31-,32-,39+,40?,41-,42-,43-,44-/m0/s1. The van der Waals surface area contributed by atoms with Gasteiger partial charge in [-0.3, -0.25) is 38.1 Å². The third-order valence-corrected chi connectivity index (χ3v) is 14.5. The number of aromatic nitrogens is 6. The van der Waals surface area contributed by atoms with Gasteiger partial charge in [0.1, 0.15) is 24.2 Å². The lowest BCUT2D eigenvalue weighted by atomic mass is 9.87. The zero-order valence-corrected chi connectivity index (χ0v) is 40.7. The quantitative estimate of drug-likeness (QED) is 0.0778. The molecule has 2 saturated heterocycles. The fourth-order valence-electron chi connectivity index (χ4n) is 10.3. The lowest BCUT2D eigenvalue weighted by Crippen LogP contribution is -2.56. The second-order valence-electron chi connectivity index (χ2n) is 19.2. The number of hydrogen-bond acceptors (Lipinski definition) is 12. The van der Waals surface area contributed by atoms with Crippen molar-refractivity contribution in [2.75, 3.05) is 27.2 Å². The molecule has 374 valence electrons. The van der Waals surface area contributed by atoms with E-state index in [1.165, 1.54) is 11.1 Å². The zero-order valence-electron chi connectivity index (χ0n) is 40.7. The van der Waals surface area contributed by atoms with Crippen LogP contribution in [0.2, 0.25) is 0 Å². The summed E-state index contributed by atoms with van der Waals surface area (Å²) < 4.78 is 3.22. The van der Waals surface area contributed by atoms with Crippen LogP contribution in [0.15, 0.2) is 60.9 Å². The van der Waals surface area contributed by atoms with Crippen molar-refractivity contribution >= 4 is 35.4 Å². The molecular formula is C50H68N14O6. The number of hydrogen-bond donors (Lipinski definition) is 6. The van der Waals surface area contributed by atoms with Gasteiger partial charge in [0, 0.05) is 38.3 Å². The van der Waals surface area contributed by atoms with Crippen molar-refractivity contribution in [1.29, 1.82) is 0 Å². The molecule has 8 atom stereocenters. The summed E-state index contributed by atoms with van der Waals surface area (Å²) >= 11 is 0. The van der Waals surface area contributed by atoms with Gasteiger partial charge < -0.3 is 41.7 Å². The number of rotatable bonds is 19. The molecule has 6 amide bonds. The third kappa shape index (κ3) is 11.7. The van der Waals surface area contributed by atoms with Crippen molar-refractivity contribution in [2.45, 2.75) is 152 Å². The number of aryl methyl sites for hydroxylation is 4. The molecule has 2 aromatic carbocycles. The zero-order chi connectivity index (χ0) is 49.3. The smallest absolute Gasteiger partial charge is 0.246 e. The van der Waals surface area contributed by atoms with Gasteiger partial charge in [-0.25, -0.2) is 0 Å². The highest BCUT2D eigenvalue weighted by Gasteiger charge is 2.41. The highest BCUT2D eigenvalue weighted by molar-refractivity contribution is 5.95. The molecule has 4 heterocycles. The molecule has 6 N–H and O–H groups in total. The van der Waals surface area contributed by atoms with Gasteiger partial charge in [0.05, 0.1) is 48.6 Å². The van der Waals surface area contributed by atoms with Gasteiger partial charge in [-0.15, -0.1) is 10.2 Å². The van der Waals surface area contributed by atoms with Crippen molar-refractivity contribution in [3.05, 3.63) is 94.6 Å². The van der Waals surface area contributed by atoms with Crippen molar-refractivity contribution < 1.29 is 28.8 Å². The van der Waals surface area contributed by atoms with Crippen LogP contribution >= 0.6 is 0 Å².